The molecule has 1 N–H and O–H groups in total. The predicted octanol–water partition coefficient (Wildman–Crippen LogP) is 4.15. The first-order chi connectivity index (χ1) is 11.2. The van der Waals surface area contributed by atoms with Gasteiger partial charge >= 0.3 is 0 Å². The van der Waals surface area contributed by atoms with Crippen LogP contribution in [0.1, 0.15) is 5.56 Å². The van der Waals surface area contributed by atoms with Crippen LogP contribution in [0.5, 0.6) is 0 Å². The first kappa shape index (κ1) is 14.4. The fraction of sp³-hybridized carbons (Fsp3) is 0.0556. The summed E-state index contributed by atoms with van der Waals surface area (Å²) in [6.45, 7) is 2.03. The molecule has 23 heavy (non-hydrogen) atoms. The Labute approximate surface area is 133 Å². The zero-order valence-electron chi connectivity index (χ0n) is 12.4. The molecule has 0 aliphatic heterocycles. The lowest BCUT2D eigenvalue weighted by molar-refractivity contribution is 0.620. The van der Waals surface area contributed by atoms with Crippen molar-refractivity contribution in [3.63, 3.8) is 0 Å². The number of benzene rings is 2. The van der Waals surface area contributed by atoms with Gasteiger partial charge in [0.15, 0.2) is 5.58 Å². The van der Waals surface area contributed by atoms with Crippen molar-refractivity contribution in [1.82, 2.24) is 4.98 Å². The lowest BCUT2D eigenvalue weighted by atomic mass is 10.1. The molecule has 2 aromatic carbocycles. The van der Waals surface area contributed by atoms with Gasteiger partial charge in [-0.15, -0.1) is 0 Å². The molecule has 0 radical (unpaired) electrons. The molecule has 0 spiro atoms. The minimum atomic E-state index is 0.00518. The van der Waals surface area contributed by atoms with Crippen molar-refractivity contribution >= 4 is 16.8 Å². The average Bonchev–Trinajstić information content (AvgIpc) is 2.99. The van der Waals surface area contributed by atoms with Crippen molar-refractivity contribution in [1.29, 1.82) is 10.5 Å². The van der Waals surface area contributed by atoms with Gasteiger partial charge in [0.05, 0.1) is 0 Å². The van der Waals surface area contributed by atoms with E-state index in [1.54, 1.807) is 30.3 Å². The Hall–Kier alpha value is -3.57. The summed E-state index contributed by atoms with van der Waals surface area (Å²) >= 11 is 0. The molecule has 5 heteroatoms. The van der Waals surface area contributed by atoms with E-state index in [4.69, 9.17) is 14.9 Å². The summed E-state index contributed by atoms with van der Waals surface area (Å²) in [5.74, 6) is 0.558. The second kappa shape index (κ2) is 6.05. The number of aromatic nitrogens is 1. The maximum atomic E-state index is 8.72. The molecular formula is C18H12N4O. The van der Waals surface area contributed by atoms with E-state index < -0.39 is 0 Å². The van der Waals surface area contributed by atoms with E-state index in [2.05, 4.69) is 10.3 Å². The third-order valence-electron chi connectivity index (χ3n) is 3.31. The van der Waals surface area contributed by atoms with Gasteiger partial charge in [0, 0.05) is 17.5 Å². The van der Waals surface area contributed by atoms with Crippen LogP contribution in [0.3, 0.4) is 0 Å². The molecule has 0 saturated carbocycles. The fourth-order valence-corrected chi connectivity index (χ4v) is 2.08. The smallest absolute Gasteiger partial charge is 0.227 e. The van der Waals surface area contributed by atoms with Crippen LogP contribution < -0.4 is 5.32 Å². The number of fused-ring (bicyclic) bond motifs is 1. The zero-order valence-corrected chi connectivity index (χ0v) is 12.4. The van der Waals surface area contributed by atoms with Gasteiger partial charge in [-0.2, -0.15) is 10.5 Å². The molecule has 0 fully saturated rings. The number of hydrogen-bond donors (Lipinski definition) is 1. The summed E-state index contributed by atoms with van der Waals surface area (Å²) < 4.78 is 5.76. The topological polar surface area (TPSA) is 85.6 Å². The lowest BCUT2D eigenvalue weighted by Gasteiger charge is -1.98. The van der Waals surface area contributed by atoms with Gasteiger partial charge in [0.1, 0.15) is 23.2 Å². The number of anilines is 1. The maximum Gasteiger partial charge on any atom is 0.227 e. The van der Waals surface area contributed by atoms with Crippen molar-refractivity contribution < 1.29 is 4.42 Å². The number of nitrogens with one attached hydrogen (secondary N) is 1. The number of hydrogen-bond acceptors (Lipinski definition) is 5. The van der Waals surface area contributed by atoms with Crippen LogP contribution in [0.25, 0.3) is 22.6 Å². The largest absolute Gasteiger partial charge is 0.436 e. The van der Waals surface area contributed by atoms with Crippen LogP contribution in [0.15, 0.2) is 58.7 Å². The molecule has 3 aromatic rings. The molecule has 0 saturated heterocycles. The Morgan fingerprint density at radius 2 is 1.87 bits per heavy atom. The maximum absolute atomic E-state index is 8.72. The van der Waals surface area contributed by atoms with Crippen LogP contribution in [0.4, 0.5) is 5.69 Å². The highest BCUT2D eigenvalue weighted by Gasteiger charge is 2.08. The summed E-state index contributed by atoms with van der Waals surface area (Å²) in [6.07, 6.45) is 1.36. The van der Waals surface area contributed by atoms with Gasteiger partial charge in [-0.25, -0.2) is 4.98 Å². The van der Waals surface area contributed by atoms with Gasteiger partial charge in [-0.3, -0.25) is 0 Å². The van der Waals surface area contributed by atoms with Crippen LogP contribution >= 0.6 is 0 Å². The van der Waals surface area contributed by atoms with Crippen LogP contribution in [-0.4, -0.2) is 4.98 Å². The fourth-order valence-electron chi connectivity index (χ4n) is 2.08. The third-order valence-corrected chi connectivity index (χ3v) is 3.31. The first-order valence-corrected chi connectivity index (χ1v) is 6.94. The van der Waals surface area contributed by atoms with Gasteiger partial charge in [0.2, 0.25) is 5.89 Å². The second-order valence-electron chi connectivity index (χ2n) is 4.99. The number of aryl methyl sites for hydroxylation is 1. The Bertz CT molecular complexity index is 953. The van der Waals surface area contributed by atoms with Gasteiger partial charge < -0.3 is 9.73 Å². The summed E-state index contributed by atoms with van der Waals surface area (Å²) in [4.78, 5) is 4.48. The molecule has 0 aliphatic rings. The number of allylic oxidation sites excluding steroid dienone is 1. The Kier molecular flexibility index (Phi) is 3.78. The highest BCUT2D eigenvalue weighted by Crippen LogP contribution is 2.26. The van der Waals surface area contributed by atoms with E-state index in [0.717, 1.165) is 11.3 Å². The second-order valence-corrected chi connectivity index (χ2v) is 4.99. The van der Waals surface area contributed by atoms with Crippen molar-refractivity contribution in [2.24, 2.45) is 0 Å². The zero-order chi connectivity index (χ0) is 16.2. The number of nitriles is 2. The third kappa shape index (κ3) is 3.04. The summed E-state index contributed by atoms with van der Waals surface area (Å²) in [5.41, 5.74) is 4.20. The van der Waals surface area contributed by atoms with E-state index in [1.807, 2.05) is 31.2 Å². The molecule has 1 heterocycles. The highest BCUT2D eigenvalue weighted by atomic mass is 16.3. The highest BCUT2D eigenvalue weighted by molar-refractivity contribution is 5.80. The minimum Gasteiger partial charge on any atom is -0.436 e. The summed E-state index contributed by atoms with van der Waals surface area (Å²) in [6, 6.07) is 16.9. The van der Waals surface area contributed by atoms with Crippen LogP contribution in [0.2, 0.25) is 0 Å². The SMILES string of the molecule is Cc1ccc(-c2nc3cc(NC=C(C#N)C#N)ccc3o2)cc1. The van der Waals surface area contributed by atoms with E-state index in [9.17, 15) is 0 Å². The number of rotatable bonds is 3. The quantitative estimate of drug-likeness (QED) is 0.734. The summed E-state index contributed by atoms with van der Waals surface area (Å²) in [7, 11) is 0. The Morgan fingerprint density at radius 1 is 1.13 bits per heavy atom. The molecule has 0 atom stereocenters. The van der Waals surface area contributed by atoms with Crippen LogP contribution in [-0.2, 0) is 0 Å². The van der Waals surface area contributed by atoms with Gasteiger partial charge in [0.25, 0.3) is 0 Å². The van der Waals surface area contributed by atoms with Crippen molar-refractivity contribution in [3.8, 4) is 23.6 Å². The molecule has 1 aromatic heterocycles. The number of nitrogens with zero attached hydrogens (tertiary/aromatic N) is 3. The lowest BCUT2D eigenvalue weighted by Crippen LogP contribution is -1.89. The normalized spacial score (nSPS) is 9.87. The molecule has 0 unspecified atom stereocenters. The van der Waals surface area contributed by atoms with Crippen molar-refractivity contribution in [2.45, 2.75) is 6.92 Å². The first-order valence-electron chi connectivity index (χ1n) is 6.94. The average molecular weight is 300 g/mol. The van der Waals surface area contributed by atoms with Crippen molar-refractivity contribution in [3.05, 3.63) is 59.8 Å². The molecule has 0 aliphatic carbocycles. The van der Waals surface area contributed by atoms with Crippen LogP contribution in [0, 0.1) is 29.6 Å². The Balaban J connectivity index is 1.92. The monoisotopic (exact) mass is 300 g/mol. The standard InChI is InChI=1S/C18H12N4O/c1-12-2-4-14(5-3-12)18-22-16-8-15(6-7-17(16)23-18)21-11-13(9-19)10-20/h2-8,11,21H,1H3. The molecule has 110 valence electrons. The van der Waals surface area contributed by atoms with E-state index in [1.165, 1.54) is 11.8 Å². The summed E-state index contributed by atoms with van der Waals surface area (Å²) in [5, 5.41) is 20.3. The molecule has 3 rings (SSSR count). The van der Waals surface area contributed by atoms with E-state index in [-0.39, 0.29) is 5.57 Å². The van der Waals surface area contributed by atoms with Crippen molar-refractivity contribution in [2.75, 3.05) is 5.32 Å². The van der Waals surface area contributed by atoms with Gasteiger partial charge in [-0.1, -0.05) is 17.7 Å². The minimum absolute atomic E-state index is 0.00518. The molecule has 0 amide bonds. The van der Waals surface area contributed by atoms with Gasteiger partial charge in [-0.05, 0) is 37.3 Å². The molecule has 0 bridgehead atoms. The Morgan fingerprint density at radius 3 is 2.57 bits per heavy atom. The van der Waals surface area contributed by atoms with E-state index >= 15 is 0 Å². The van der Waals surface area contributed by atoms with E-state index in [0.29, 0.717) is 17.0 Å². The molecular weight excluding hydrogens is 288 g/mol. The predicted molar refractivity (Wildman–Crippen MR) is 87.1 cm³/mol. The number of oxazole rings is 1. The molecule has 5 nitrogen and oxygen atoms in total.